The number of anilines is 3. The van der Waals surface area contributed by atoms with Crippen molar-refractivity contribution in [2.24, 2.45) is 10.8 Å². The highest BCUT2D eigenvalue weighted by atomic mass is 32.2. The van der Waals surface area contributed by atoms with Crippen LogP contribution in [-0.2, 0) is 19.3 Å². The van der Waals surface area contributed by atoms with E-state index in [2.05, 4.69) is 20.2 Å². The molecule has 1 aromatic carbocycles. The Hall–Kier alpha value is -2.76. The lowest BCUT2D eigenvalue weighted by Crippen LogP contribution is -2.45. The molecule has 1 atom stereocenters. The van der Waals surface area contributed by atoms with Gasteiger partial charge in [-0.15, -0.1) is 0 Å². The minimum atomic E-state index is -3.55. The number of nitrogens with one attached hydrogen (secondary N) is 1. The first-order valence-corrected chi connectivity index (χ1v) is 15.5. The first-order valence-electron chi connectivity index (χ1n) is 13.8. The van der Waals surface area contributed by atoms with Gasteiger partial charge in [0.2, 0.25) is 5.95 Å². The Kier molecular flexibility index (Phi) is 6.79. The number of hydrogen-bond acceptors (Lipinski definition) is 9. The van der Waals surface area contributed by atoms with Gasteiger partial charge >= 0.3 is 0 Å². The van der Waals surface area contributed by atoms with Crippen LogP contribution in [0.4, 0.5) is 17.5 Å². The Bertz CT molecular complexity index is 1350. The Balaban J connectivity index is 1.26. The Labute approximate surface area is 230 Å². The number of sulfone groups is 1. The number of rotatable bonds is 7. The second kappa shape index (κ2) is 10.0. The number of benzene rings is 1. The number of ether oxygens (including phenoxy) is 2. The van der Waals surface area contributed by atoms with Crippen molar-refractivity contribution in [3.8, 4) is 0 Å². The first-order chi connectivity index (χ1) is 18.6. The van der Waals surface area contributed by atoms with Crippen molar-refractivity contribution in [3.05, 3.63) is 36.0 Å². The van der Waals surface area contributed by atoms with E-state index in [9.17, 15) is 13.2 Å². The summed E-state index contributed by atoms with van der Waals surface area (Å²) in [5.74, 6) is 0.655. The molecule has 0 radical (unpaired) electrons. The van der Waals surface area contributed by atoms with Gasteiger partial charge in [-0.25, -0.2) is 13.4 Å². The quantitative estimate of drug-likeness (QED) is 0.550. The third-order valence-electron chi connectivity index (χ3n) is 8.54. The molecule has 1 saturated carbocycles. The van der Waals surface area contributed by atoms with E-state index < -0.39 is 9.84 Å². The number of nitrogens with zero attached hydrogens (tertiary/aromatic N) is 4. The summed E-state index contributed by atoms with van der Waals surface area (Å²) in [5, 5.41) is 2.93. The average molecular weight is 556 g/mol. The standard InChI is InChI=1S/C28H37N5O5S/c1-20-16-33(13-14-38-20)26-29-10-5-24(31-26)30-25(34)22-4-3-21(39(35,36)19-27(2)17-37-18-27)15-23(22)32-11-8-28(6-7-28)9-12-32/h3-5,10,15,20H,6-9,11-14,16-19H2,1-2H3,(H,29,30,31,34)/t20-/m1/s1. The monoisotopic (exact) mass is 555 g/mol. The molecule has 6 rings (SSSR count). The maximum absolute atomic E-state index is 13.6. The fourth-order valence-electron chi connectivity index (χ4n) is 5.89. The molecule has 1 N–H and O–H groups in total. The topological polar surface area (TPSA) is 114 Å². The van der Waals surface area contributed by atoms with Gasteiger partial charge in [0.1, 0.15) is 5.82 Å². The molecule has 0 unspecified atom stereocenters. The van der Waals surface area contributed by atoms with Crippen LogP contribution in [0.3, 0.4) is 0 Å². The molecule has 4 heterocycles. The smallest absolute Gasteiger partial charge is 0.258 e. The predicted octanol–water partition coefficient (Wildman–Crippen LogP) is 3.14. The van der Waals surface area contributed by atoms with Crippen LogP contribution in [0, 0.1) is 10.8 Å². The summed E-state index contributed by atoms with van der Waals surface area (Å²) in [4.78, 5) is 27.0. The summed E-state index contributed by atoms with van der Waals surface area (Å²) in [7, 11) is -3.55. The van der Waals surface area contributed by atoms with Crippen LogP contribution >= 0.6 is 0 Å². The minimum Gasteiger partial charge on any atom is -0.380 e. The molecule has 3 aliphatic heterocycles. The van der Waals surface area contributed by atoms with E-state index >= 15 is 0 Å². The van der Waals surface area contributed by atoms with E-state index in [0.29, 0.717) is 61.3 Å². The van der Waals surface area contributed by atoms with E-state index in [4.69, 9.17) is 9.47 Å². The molecule has 4 fully saturated rings. The molecular formula is C28H37N5O5S. The van der Waals surface area contributed by atoms with Gasteiger partial charge in [0.25, 0.3) is 5.91 Å². The molecule has 1 spiro atoms. The SMILES string of the molecule is C[C@@H]1CN(c2nccc(NC(=O)c3ccc(S(=O)(=O)CC4(C)COC4)cc3N3CCC4(CC3)CC4)n2)CCO1. The van der Waals surface area contributed by atoms with Crippen LogP contribution in [0.15, 0.2) is 35.4 Å². The lowest BCUT2D eigenvalue weighted by molar-refractivity contribution is -0.0870. The van der Waals surface area contributed by atoms with Crippen molar-refractivity contribution in [1.82, 2.24) is 9.97 Å². The highest BCUT2D eigenvalue weighted by Crippen LogP contribution is 2.54. The summed E-state index contributed by atoms with van der Waals surface area (Å²) in [6, 6.07) is 6.56. The summed E-state index contributed by atoms with van der Waals surface area (Å²) >= 11 is 0. The average Bonchev–Trinajstić information content (AvgIpc) is 3.66. The van der Waals surface area contributed by atoms with Gasteiger partial charge in [0.15, 0.2) is 9.84 Å². The molecule has 2 aromatic rings. The Morgan fingerprint density at radius 2 is 1.87 bits per heavy atom. The van der Waals surface area contributed by atoms with Gasteiger partial charge in [0.05, 0.1) is 47.8 Å². The van der Waals surface area contributed by atoms with Crippen LogP contribution in [-0.4, -0.2) is 82.1 Å². The summed E-state index contributed by atoms with van der Waals surface area (Å²) in [6.07, 6.45) is 6.37. The lowest BCUT2D eigenvalue weighted by Gasteiger charge is -2.38. The molecule has 3 saturated heterocycles. The van der Waals surface area contributed by atoms with E-state index in [0.717, 1.165) is 25.9 Å². The molecule has 39 heavy (non-hydrogen) atoms. The van der Waals surface area contributed by atoms with Crippen molar-refractivity contribution in [2.75, 3.05) is 66.9 Å². The molecule has 1 amide bonds. The third-order valence-corrected chi connectivity index (χ3v) is 10.6. The molecular weight excluding hydrogens is 518 g/mol. The van der Waals surface area contributed by atoms with Crippen molar-refractivity contribution in [3.63, 3.8) is 0 Å². The second-order valence-corrected chi connectivity index (χ2v) is 14.0. The molecule has 0 bridgehead atoms. The second-order valence-electron chi connectivity index (χ2n) is 12.1. The van der Waals surface area contributed by atoms with E-state index in [1.165, 1.54) is 12.8 Å². The Morgan fingerprint density at radius 1 is 1.10 bits per heavy atom. The normalized spacial score (nSPS) is 23.8. The molecule has 1 aliphatic carbocycles. The molecule has 210 valence electrons. The minimum absolute atomic E-state index is 0.0258. The van der Waals surface area contributed by atoms with Crippen LogP contribution in [0.1, 0.15) is 49.9 Å². The van der Waals surface area contributed by atoms with Gasteiger partial charge in [-0.05, 0) is 62.3 Å². The summed E-state index contributed by atoms with van der Waals surface area (Å²) < 4.78 is 37.6. The predicted molar refractivity (Wildman–Crippen MR) is 148 cm³/mol. The zero-order valence-electron chi connectivity index (χ0n) is 22.7. The van der Waals surface area contributed by atoms with Crippen molar-refractivity contribution >= 4 is 33.2 Å². The maximum Gasteiger partial charge on any atom is 0.258 e. The van der Waals surface area contributed by atoms with E-state index in [1.807, 2.05) is 18.7 Å². The van der Waals surface area contributed by atoms with Crippen LogP contribution in [0.5, 0.6) is 0 Å². The zero-order valence-corrected chi connectivity index (χ0v) is 23.5. The summed E-state index contributed by atoms with van der Waals surface area (Å²) in [5.41, 5.74) is 1.19. The van der Waals surface area contributed by atoms with Gasteiger partial charge in [-0.2, -0.15) is 4.98 Å². The van der Waals surface area contributed by atoms with Crippen LogP contribution in [0.2, 0.25) is 0 Å². The number of amides is 1. The van der Waals surface area contributed by atoms with E-state index in [1.54, 1.807) is 30.5 Å². The van der Waals surface area contributed by atoms with Crippen LogP contribution in [0.25, 0.3) is 0 Å². The van der Waals surface area contributed by atoms with Crippen LogP contribution < -0.4 is 15.1 Å². The summed E-state index contributed by atoms with van der Waals surface area (Å²) in [6.45, 7) is 8.41. The van der Waals surface area contributed by atoms with Gasteiger partial charge in [-0.3, -0.25) is 4.79 Å². The van der Waals surface area contributed by atoms with Gasteiger partial charge in [-0.1, -0.05) is 6.92 Å². The number of hydrogen-bond donors (Lipinski definition) is 1. The highest BCUT2D eigenvalue weighted by Gasteiger charge is 2.45. The first kappa shape index (κ1) is 26.5. The Morgan fingerprint density at radius 3 is 2.54 bits per heavy atom. The number of piperidine rings is 1. The third kappa shape index (κ3) is 5.62. The van der Waals surface area contributed by atoms with Gasteiger partial charge in [0, 0.05) is 37.8 Å². The van der Waals surface area contributed by atoms with E-state index in [-0.39, 0.29) is 28.1 Å². The number of aromatic nitrogens is 2. The fourth-order valence-corrected chi connectivity index (χ4v) is 7.70. The van der Waals surface area contributed by atoms with Crippen molar-refractivity contribution in [1.29, 1.82) is 0 Å². The molecule has 11 heteroatoms. The molecule has 1 aromatic heterocycles. The number of carbonyl (C=O) groups is 1. The largest absolute Gasteiger partial charge is 0.380 e. The van der Waals surface area contributed by atoms with Gasteiger partial charge < -0.3 is 24.6 Å². The van der Waals surface area contributed by atoms with Crippen molar-refractivity contribution < 1.29 is 22.7 Å². The highest BCUT2D eigenvalue weighted by molar-refractivity contribution is 7.91. The lowest BCUT2D eigenvalue weighted by atomic mass is 9.92. The number of morpholine rings is 1. The van der Waals surface area contributed by atoms with Crippen molar-refractivity contribution in [2.45, 2.75) is 50.5 Å². The molecule has 4 aliphatic rings. The molecule has 10 nitrogen and oxygen atoms in total. The fraction of sp³-hybridized carbons (Fsp3) is 0.607. The number of carbonyl (C=O) groups excluding carboxylic acids is 1. The maximum atomic E-state index is 13.6. The zero-order chi connectivity index (χ0) is 27.3.